The third kappa shape index (κ3) is 2.72. The Hall–Kier alpha value is -1.65. The maximum Gasteiger partial charge on any atom is 0.311 e. The number of pyridine rings is 1. The van der Waals surface area contributed by atoms with Gasteiger partial charge in [0.15, 0.2) is 0 Å². The van der Waals surface area contributed by atoms with Crippen molar-refractivity contribution in [2.24, 2.45) is 5.92 Å². The van der Waals surface area contributed by atoms with Crippen LogP contribution >= 0.6 is 0 Å². The number of nitrogens with zero attached hydrogens (tertiary/aromatic N) is 2. The molecule has 1 N–H and O–H groups in total. The highest BCUT2D eigenvalue weighted by Crippen LogP contribution is 2.29. The van der Waals surface area contributed by atoms with Crippen LogP contribution in [0.5, 0.6) is 0 Å². The lowest BCUT2D eigenvalue weighted by molar-refractivity contribution is -0.384. The average Bonchev–Trinajstić information content (AvgIpc) is 2.32. The molecular formula is C12H17N3O2. The van der Waals surface area contributed by atoms with Gasteiger partial charge in [-0.3, -0.25) is 10.1 Å². The normalized spacial score (nSPS) is 24.3. The molecule has 1 heterocycles. The summed E-state index contributed by atoms with van der Waals surface area (Å²) in [5.74, 6) is 0.946. The van der Waals surface area contributed by atoms with E-state index in [1.165, 1.54) is 25.3 Å². The SMILES string of the molecule is CC1CCCCC1Nc1ncccc1[N+](=O)[O-]. The summed E-state index contributed by atoms with van der Waals surface area (Å²) in [6.07, 6.45) is 6.27. The molecule has 0 amide bonds. The largest absolute Gasteiger partial charge is 0.361 e. The molecule has 1 fully saturated rings. The van der Waals surface area contributed by atoms with Gasteiger partial charge in [-0.1, -0.05) is 19.8 Å². The third-order valence-corrected chi connectivity index (χ3v) is 3.42. The Bertz CT molecular complexity index is 408. The topological polar surface area (TPSA) is 68.1 Å². The van der Waals surface area contributed by atoms with Crippen molar-refractivity contribution in [3.63, 3.8) is 0 Å². The van der Waals surface area contributed by atoms with Gasteiger partial charge in [-0.05, 0) is 24.8 Å². The zero-order valence-corrected chi connectivity index (χ0v) is 9.93. The fraction of sp³-hybridized carbons (Fsp3) is 0.583. The number of anilines is 1. The highest BCUT2D eigenvalue weighted by atomic mass is 16.6. The second-order valence-corrected chi connectivity index (χ2v) is 4.64. The minimum atomic E-state index is -0.386. The first kappa shape index (κ1) is 11.8. The first-order valence-corrected chi connectivity index (χ1v) is 6.04. The zero-order valence-electron chi connectivity index (χ0n) is 9.93. The molecule has 5 heteroatoms. The van der Waals surface area contributed by atoms with Gasteiger partial charge in [0.2, 0.25) is 5.82 Å². The van der Waals surface area contributed by atoms with Gasteiger partial charge in [0.25, 0.3) is 0 Å². The molecule has 17 heavy (non-hydrogen) atoms. The number of hydrogen-bond acceptors (Lipinski definition) is 4. The number of aromatic nitrogens is 1. The lowest BCUT2D eigenvalue weighted by Crippen LogP contribution is -2.30. The van der Waals surface area contributed by atoms with Crippen LogP contribution in [-0.4, -0.2) is 15.9 Å². The molecule has 0 spiro atoms. The minimum absolute atomic E-state index is 0.0604. The fourth-order valence-corrected chi connectivity index (χ4v) is 2.36. The Morgan fingerprint density at radius 2 is 2.24 bits per heavy atom. The second kappa shape index (κ2) is 5.12. The summed E-state index contributed by atoms with van der Waals surface area (Å²) in [6, 6.07) is 3.38. The molecule has 1 saturated carbocycles. The Balaban J connectivity index is 2.14. The van der Waals surface area contributed by atoms with E-state index in [1.54, 1.807) is 12.3 Å². The van der Waals surface area contributed by atoms with Crippen molar-refractivity contribution in [2.75, 3.05) is 5.32 Å². The number of nitrogens with one attached hydrogen (secondary N) is 1. The molecule has 1 aromatic heterocycles. The van der Waals surface area contributed by atoms with E-state index in [0.717, 1.165) is 6.42 Å². The van der Waals surface area contributed by atoms with Crippen LogP contribution < -0.4 is 5.32 Å². The highest BCUT2D eigenvalue weighted by Gasteiger charge is 2.24. The molecule has 0 aromatic carbocycles. The summed E-state index contributed by atoms with van der Waals surface area (Å²) in [6.45, 7) is 2.19. The standard InChI is InChI=1S/C12H17N3O2/c1-9-5-2-3-6-10(9)14-12-11(15(16)17)7-4-8-13-12/h4,7-10H,2-3,5-6H2,1H3,(H,13,14). The number of hydrogen-bond donors (Lipinski definition) is 1. The highest BCUT2D eigenvalue weighted by molar-refractivity contribution is 5.55. The smallest absolute Gasteiger partial charge is 0.311 e. The third-order valence-electron chi connectivity index (χ3n) is 3.42. The molecule has 0 saturated heterocycles. The van der Waals surface area contributed by atoms with E-state index >= 15 is 0 Å². The summed E-state index contributed by atoms with van der Waals surface area (Å²) in [4.78, 5) is 14.6. The maximum atomic E-state index is 10.9. The fourth-order valence-electron chi connectivity index (χ4n) is 2.36. The van der Waals surface area contributed by atoms with Crippen molar-refractivity contribution in [1.29, 1.82) is 0 Å². The van der Waals surface area contributed by atoms with Crippen molar-refractivity contribution in [3.8, 4) is 0 Å². The van der Waals surface area contributed by atoms with Crippen LogP contribution in [0.2, 0.25) is 0 Å². The molecular weight excluding hydrogens is 218 g/mol. The number of rotatable bonds is 3. The van der Waals surface area contributed by atoms with Gasteiger partial charge in [0, 0.05) is 18.3 Å². The Labute approximate surface area is 100 Å². The van der Waals surface area contributed by atoms with Crippen LogP contribution in [-0.2, 0) is 0 Å². The Morgan fingerprint density at radius 3 is 2.94 bits per heavy atom. The van der Waals surface area contributed by atoms with Crippen molar-refractivity contribution < 1.29 is 4.92 Å². The summed E-state index contributed by atoms with van der Waals surface area (Å²) < 4.78 is 0. The Kier molecular flexibility index (Phi) is 3.56. The van der Waals surface area contributed by atoms with Gasteiger partial charge in [-0.2, -0.15) is 0 Å². The van der Waals surface area contributed by atoms with E-state index in [4.69, 9.17) is 0 Å². The molecule has 92 valence electrons. The molecule has 0 aliphatic heterocycles. The van der Waals surface area contributed by atoms with E-state index in [-0.39, 0.29) is 10.6 Å². The van der Waals surface area contributed by atoms with Crippen molar-refractivity contribution in [1.82, 2.24) is 4.98 Å². The molecule has 5 nitrogen and oxygen atoms in total. The molecule has 2 atom stereocenters. The minimum Gasteiger partial charge on any atom is -0.361 e. The second-order valence-electron chi connectivity index (χ2n) is 4.64. The van der Waals surface area contributed by atoms with Crippen molar-refractivity contribution >= 4 is 11.5 Å². The summed E-state index contributed by atoms with van der Waals surface area (Å²) >= 11 is 0. The summed E-state index contributed by atoms with van der Waals surface area (Å²) in [7, 11) is 0. The van der Waals surface area contributed by atoms with E-state index < -0.39 is 0 Å². The molecule has 1 aliphatic rings. The van der Waals surface area contributed by atoms with Crippen LogP contribution in [0.4, 0.5) is 11.5 Å². The molecule has 1 aliphatic carbocycles. The van der Waals surface area contributed by atoms with Gasteiger partial charge in [0.05, 0.1) is 4.92 Å². The molecule has 1 aromatic rings. The zero-order chi connectivity index (χ0) is 12.3. The molecule has 0 bridgehead atoms. The van der Waals surface area contributed by atoms with Gasteiger partial charge in [0.1, 0.15) is 0 Å². The molecule has 0 radical (unpaired) electrons. The van der Waals surface area contributed by atoms with Crippen LogP contribution in [0, 0.1) is 16.0 Å². The van der Waals surface area contributed by atoms with E-state index in [9.17, 15) is 10.1 Å². The lowest BCUT2D eigenvalue weighted by Gasteiger charge is -2.29. The van der Waals surface area contributed by atoms with E-state index in [1.807, 2.05) is 0 Å². The van der Waals surface area contributed by atoms with Gasteiger partial charge < -0.3 is 5.32 Å². The van der Waals surface area contributed by atoms with Crippen LogP contribution in [0.15, 0.2) is 18.3 Å². The van der Waals surface area contributed by atoms with Crippen LogP contribution in [0.1, 0.15) is 32.6 Å². The first-order valence-electron chi connectivity index (χ1n) is 6.04. The predicted octanol–water partition coefficient (Wildman–Crippen LogP) is 2.98. The molecule has 2 rings (SSSR count). The lowest BCUT2D eigenvalue weighted by atomic mass is 9.86. The van der Waals surface area contributed by atoms with Gasteiger partial charge in [-0.15, -0.1) is 0 Å². The monoisotopic (exact) mass is 235 g/mol. The van der Waals surface area contributed by atoms with Crippen LogP contribution in [0.25, 0.3) is 0 Å². The van der Waals surface area contributed by atoms with Gasteiger partial charge >= 0.3 is 5.69 Å². The van der Waals surface area contributed by atoms with E-state index in [0.29, 0.717) is 17.8 Å². The van der Waals surface area contributed by atoms with Crippen LogP contribution in [0.3, 0.4) is 0 Å². The number of nitro groups is 1. The predicted molar refractivity (Wildman–Crippen MR) is 65.9 cm³/mol. The Morgan fingerprint density at radius 1 is 1.47 bits per heavy atom. The van der Waals surface area contributed by atoms with Crippen molar-refractivity contribution in [2.45, 2.75) is 38.6 Å². The summed E-state index contributed by atoms with van der Waals surface area (Å²) in [5.41, 5.74) is 0.0604. The maximum absolute atomic E-state index is 10.9. The average molecular weight is 235 g/mol. The first-order chi connectivity index (χ1) is 8.18. The molecule has 2 unspecified atom stereocenters. The quantitative estimate of drug-likeness (QED) is 0.646. The van der Waals surface area contributed by atoms with E-state index in [2.05, 4.69) is 17.2 Å². The van der Waals surface area contributed by atoms with Gasteiger partial charge in [-0.25, -0.2) is 4.98 Å². The van der Waals surface area contributed by atoms with Crippen molar-refractivity contribution in [3.05, 3.63) is 28.4 Å². The summed E-state index contributed by atoms with van der Waals surface area (Å²) in [5, 5.41) is 14.1.